The van der Waals surface area contributed by atoms with Crippen LogP contribution in [-0.4, -0.2) is 12.0 Å². The van der Waals surface area contributed by atoms with Gasteiger partial charge in [0.1, 0.15) is 0 Å². The van der Waals surface area contributed by atoms with Crippen LogP contribution in [0, 0.1) is 13.8 Å². The van der Waals surface area contributed by atoms with Crippen molar-refractivity contribution in [2.75, 3.05) is 0 Å². The Morgan fingerprint density at radius 3 is 2.29 bits per heavy atom. The molecule has 0 unspecified atom stereocenters. The Morgan fingerprint density at radius 2 is 1.82 bits per heavy atom. The number of thiol groups is 1. The summed E-state index contributed by atoms with van der Waals surface area (Å²) in [7, 11) is 0. The molecule has 17 heavy (non-hydrogen) atoms. The van der Waals surface area contributed by atoms with Gasteiger partial charge in [-0.2, -0.15) is 13.2 Å². The van der Waals surface area contributed by atoms with Crippen LogP contribution in [0.25, 0.3) is 4.91 Å². The van der Waals surface area contributed by atoms with E-state index in [-0.39, 0.29) is 4.91 Å². The average molecular weight is 260 g/mol. The molecule has 0 fully saturated rings. The molecule has 92 valence electrons. The second kappa shape index (κ2) is 4.96. The Morgan fingerprint density at radius 1 is 1.24 bits per heavy atom. The Labute approximate surface area is 103 Å². The van der Waals surface area contributed by atoms with Crippen molar-refractivity contribution in [2.45, 2.75) is 20.0 Å². The highest BCUT2D eigenvalue weighted by atomic mass is 32.1. The first-order chi connectivity index (χ1) is 7.71. The molecule has 1 nitrogen and oxygen atoms in total. The molecule has 0 aliphatic carbocycles. The largest absolute Gasteiger partial charge is 0.454 e. The first kappa shape index (κ1) is 13.8. The van der Waals surface area contributed by atoms with Gasteiger partial charge in [0.25, 0.3) is 5.78 Å². The molecule has 0 bridgehead atoms. The number of ketones is 1. The van der Waals surface area contributed by atoms with Crippen molar-refractivity contribution in [3.05, 3.63) is 41.0 Å². The average Bonchev–Trinajstić information content (AvgIpc) is 2.20. The third-order valence-electron chi connectivity index (χ3n) is 2.35. The van der Waals surface area contributed by atoms with Crippen LogP contribution in [0.4, 0.5) is 13.2 Å². The zero-order chi connectivity index (χ0) is 13.2. The molecule has 0 atom stereocenters. The van der Waals surface area contributed by atoms with E-state index >= 15 is 0 Å². The van der Waals surface area contributed by atoms with Crippen LogP contribution in [0.15, 0.2) is 24.3 Å². The molecule has 0 saturated heterocycles. The molecule has 0 heterocycles. The molecular weight excluding hydrogens is 249 g/mol. The number of hydrogen-bond acceptors (Lipinski definition) is 2. The van der Waals surface area contributed by atoms with Crippen molar-refractivity contribution < 1.29 is 18.0 Å². The first-order valence-corrected chi connectivity index (χ1v) is 5.26. The van der Waals surface area contributed by atoms with Gasteiger partial charge in [0.15, 0.2) is 0 Å². The van der Waals surface area contributed by atoms with E-state index in [0.29, 0.717) is 11.6 Å². The van der Waals surface area contributed by atoms with Crippen LogP contribution >= 0.6 is 12.6 Å². The molecule has 0 radical (unpaired) electrons. The number of allylic oxidation sites excluding steroid dienone is 1. The minimum Gasteiger partial charge on any atom is -0.285 e. The quantitative estimate of drug-likeness (QED) is 0.633. The number of hydrogen-bond donors (Lipinski definition) is 1. The Hall–Kier alpha value is -1.23. The smallest absolute Gasteiger partial charge is 0.285 e. The standard InChI is InChI=1S/C12H11F3OS/c1-7-3-4-9(5-8(7)2)10(17)6-11(16)12(13,14)15/h3-6,17H,1-2H3. The van der Waals surface area contributed by atoms with Crippen LogP contribution in [0.2, 0.25) is 0 Å². The minimum absolute atomic E-state index is 0.00965. The summed E-state index contributed by atoms with van der Waals surface area (Å²) in [4.78, 5) is 10.8. The predicted molar refractivity (Wildman–Crippen MR) is 63.9 cm³/mol. The van der Waals surface area contributed by atoms with Crippen molar-refractivity contribution in [2.24, 2.45) is 0 Å². The highest BCUT2D eigenvalue weighted by Crippen LogP contribution is 2.24. The van der Waals surface area contributed by atoms with E-state index < -0.39 is 12.0 Å². The van der Waals surface area contributed by atoms with Gasteiger partial charge in [0.05, 0.1) is 0 Å². The van der Waals surface area contributed by atoms with Crippen LogP contribution in [0.3, 0.4) is 0 Å². The fourth-order valence-electron chi connectivity index (χ4n) is 1.19. The first-order valence-electron chi connectivity index (χ1n) is 4.81. The lowest BCUT2D eigenvalue weighted by Gasteiger charge is -2.06. The van der Waals surface area contributed by atoms with E-state index in [2.05, 4.69) is 12.6 Å². The summed E-state index contributed by atoms with van der Waals surface area (Å²) in [6.07, 6.45) is -4.36. The Bertz CT molecular complexity index is 475. The summed E-state index contributed by atoms with van der Waals surface area (Å²) in [6, 6.07) is 5.09. The number of alkyl halides is 3. The molecule has 1 rings (SSSR count). The molecule has 0 aromatic heterocycles. The molecule has 1 aromatic rings. The van der Waals surface area contributed by atoms with E-state index in [9.17, 15) is 18.0 Å². The van der Waals surface area contributed by atoms with Gasteiger partial charge in [-0.15, -0.1) is 12.6 Å². The molecule has 5 heteroatoms. The summed E-state index contributed by atoms with van der Waals surface area (Å²) in [5, 5.41) is 0. The van der Waals surface area contributed by atoms with E-state index in [1.807, 2.05) is 13.8 Å². The number of carbonyl (C=O) groups excluding carboxylic acids is 1. The van der Waals surface area contributed by atoms with E-state index in [1.165, 1.54) is 0 Å². The Kier molecular flexibility index (Phi) is 4.03. The zero-order valence-electron chi connectivity index (χ0n) is 9.30. The van der Waals surface area contributed by atoms with Gasteiger partial charge in [-0.3, -0.25) is 4.79 Å². The minimum atomic E-state index is -4.85. The second-order valence-electron chi connectivity index (χ2n) is 3.69. The van der Waals surface area contributed by atoms with Gasteiger partial charge < -0.3 is 0 Å². The van der Waals surface area contributed by atoms with Gasteiger partial charge in [-0.05, 0) is 30.5 Å². The monoisotopic (exact) mass is 260 g/mol. The van der Waals surface area contributed by atoms with Gasteiger partial charge in [-0.1, -0.05) is 18.2 Å². The Balaban J connectivity index is 3.04. The van der Waals surface area contributed by atoms with E-state index in [4.69, 9.17) is 0 Å². The van der Waals surface area contributed by atoms with Crippen molar-refractivity contribution in [1.29, 1.82) is 0 Å². The van der Waals surface area contributed by atoms with Crippen molar-refractivity contribution in [3.8, 4) is 0 Å². The number of benzene rings is 1. The third kappa shape index (κ3) is 3.63. The number of rotatable bonds is 2. The van der Waals surface area contributed by atoms with Crippen LogP contribution in [0.1, 0.15) is 16.7 Å². The van der Waals surface area contributed by atoms with E-state index in [0.717, 1.165) is 11.1 Å². The lowest BCUT2D eigenvalue weighted by molar-refractivity contribution is -0.165. The molecule has 0 spiro atoms. The van der Waals surface area contributed by atoms with E-state index in [1.54, 1.807) is 18.2 Å². The van der Waals surface area contributed by atoms with Gasteiger partial charge in [-0.25, -0.2) is 0 Å². The normalized spacial score (nSPS) is 12.7. The van der Waals surface area contributed by atoms with Gasteiger partial charge in [0, 0.05) is 11.0 Å². The molecule has 0 aliphatic heterocycles. The summed E-state index contributed by atoms with van der Waals surface area (Å²) in [5.41, 5.74) is 2.45. The molecule has 0 saturated carbocycles. The van der Waals surface area contributed by atoms with Crippen molar-refractivity contribution in [1.82, 2.24) is 0 Å². The van der Waals surface area contributed by atoms with Gasteiger partial charge in [0.2, 0.25) is 0 Å². The van der Waals surface area contributed by atoms with Crippen LogP contribution < -0.4 is 0 Å². The maximum absolute atomic E-state index is 12.0. The lowest BCUT2D eigenvalue weighted by atomic mass is 10.1. The molecular formula is C12H11F3OS. The lowest BCUT2D eigenvalue weighted by Crippen LogP contribution is -2.20. The van der Waals surface area contributed by atoms with Crippen LogP contribution in [0.5, 0.6) is 0 Å². The third-order valence-corrected chi connectivity index (χ3v) is 2.74. The fraction of sp³-hybridized carbons (Fsp3) is 0.250. The van der Waals surface area contributed by atoms with Crippen LogP contribution in [-0.2, 0) is 4.79 Å². The maximum Gasteiger partial charge on any atom is 0.454 e. The molecule has 0 amide bonds. The maximum atomic E-state index is 12.0. The number of halogens is 3. The highest BCUT2D eigenvalue weighted by molar-refractivity contribution is 7.90. The number of aryl methyl sites for hydroxylation is 2. The topological polar surface area (TPSA) is 17.1 Å². The van der Waals surface area contributed by atoms with Crippen molar-refractivity contribution >= 4 is 23.3 Å². The SMILES string of the molecule is Cc1ccc(C(S)=CC(=O)C(F)(F)F)cc1C. The van der Waals surface area contributed by atoms with Crippen molar-refractivity contribution in [3.63, 3.8) is 0 Å². The van der Waals surface area contributed by atoms with Gasteiger partial charge >= 0.3 is 6.18 Å². The highest BCUT2D eigenvalue weighted by Gasteiger charge is 2.36. The summed E-state index contributed by atoms with van der Waals surface area (Å²) < 4.78 is 36.1. The fourth-order valence-corrected chi connectivity index (χ4v) is 1.45. The predicted octanol–water partition coefficient (Wildman–Crippen LogP) is 3.71. The molecule has 1 aromatic carbocycles. The summed E-state index contributed by atoms with van der Waals surface area (Å²) in [6.45, 7) is 3.73. The zero-order valence-corrected chi connectivity index (χ0v) is 10.2. The molecule has 0 N–H and O–H groups in total. The summed E-state index contributed by atoms with van der Waals surface area (Å²) >= 11 is 3.91. The molecule has 0 aliphatic rings. The number of carbonyl (C=O) groups is 1. The second-order valence-corrected chi connectivity index (χ2v) is 4.17. The summed E-state index contributed by atoms with van der Waals surface area (Å²) in [5.74, 6) is -1.90.